The fraction of sp³-hybridized carbons (Fsp3) is 0.500. The molecular formula is C18H23N5OS. The van der Waals surface area contributed by atoms with Gasteiger partial charge < -0.3 is 9.80 Å². The third kappa shape index (κ3) is 3.39. The monoisotopic (exact) mass is 357 g/mol. The van der Waals surface area contributed by atoms with Gasteiger partial charge in [0.1, 0.15) is 0 Å². The molecule has 0 aromatic carbocycles. The Morgan fingerprint density at radius 1 is 1.20 bits per heavy atom. The van der Waals surface area contributed by atoms with E-state index < -0.39 is 0 Å². The van der Waals surface area contributed by atoms with Gasteiger partial charge in [0.25, 0.3) is 0 Å². The zero-order valence-corrected chi connectivity index (χ0v) is 15.3. The Morgan fingerprint density at radius 2 is 1.96 bits per heavy atom. The number of carbonyl (C=O) groups is 1. The van der Waals surface area contributed by atoms with Crippen molar-refractivity contribution in [2.24, 2.45) is 0 Å². The molecule has 1 amide bonds. The molecule has 4 heterocycles. The molecule has 1 saturated heterocycles. The number of thiophene rings is 1. The van der Waals surface area contributed by atoms with Crippen LogP contribution in [-0.4, -0.2) is 64.9 Å². The van der Waals surface area contributed by atoms with Crippen molar-refractivity contribution in [1.29, 1.82) is 0 Å². The summed E-state index contributed by atoms with van der Waals surface area (Å²) >= 11 is 1.84. The summed E-state index contributed by atoms with van der Waals surface area (Å²) in [6.07, 6.45) is 4.58. The van der Waals surface area contributed by atoms with Crippen molar-refractivity contribution in [2.45, 2.75) is 19.4 Å². The number of rotatable bonds is 3. The van der Waals surface area contributed by atoms with Crippen LogP contribution in [0.25, 0.3) is 0 Å². The van der Waals surface area contributed by atoms with E-state index in [1.807, 2.05) is 22.3 Å². The lowest BCUT2D eigenvalue weighted by Gasteiger charge is -2.38. The summed E-state index contributed by atoms with van der Waals surface area (Å²) in [4.78, 5) is 29.2. The third-order valence-corrected chi connectivity index (χ3v) is 6.21. The van der Waals surface area contributed by atoms with Crippen molar-refractivity contribution >= 4 is 23.2 Å². The topological polar surface area (TPSA) is 52.6 Å². The number of fused-ring (bicyclic) bond motifs is 1. The van der Waals surface area contributed by atoms with Crippen molar-refractivity contribution in [2.75, 3.05) is 44.2 Å². The molecule has 0 bridgehead atoms. The number of nitrogens with zero attached hydrogens (tertiary/aromatic N) is 5. The largest absolute Gasteiger partial charge is 0.338 e. The molecule has 2 aromatic rings. The molecule has 0 aliphatic carbocycles. The van der Waals surface area contributed by atoms with Crippen LogP contribution in [-0.2, 0) is 11.2 Å². The maximum absolute atomic E-state index is 12.7. The first-order valence-corrected chi connectivity index (χ1v) is 9.70. The molecule has 132 valence electrons. The molecule has 4 rings (SSSR count). The van der Waals surface area contributed by atoms with E-state index in [9.17, 15) is 4.79 Å². The number of hydrogen-bond donors (Lipinski definition) is 0. The van der Waals surface area contributed by atoms with E-state index in [2.05, 4.69) is 38.1 Å². The SMILES string of the molecule is C[C@@H]1c2ccsc2CCN1CC(=O)N1CCN(c2ncccn2)CC1. The highest BCUT2D eigenvalue weighted by molar-refractivity contribution is 7.10. The van der Waals surface area contributed by atoms with Gasteiger partial charge in [-0.15, -0.1) is 11.3 Å². The summed E-state index contributed by atoms with van der Waals surface area (Å²) < 4.78 is 0. The third-order valence-electron chi connectivity index (χ3n) is 5.21. The van der Waals surface area contributed by atoms with Gasteiger partial charge in [-0.05, 0) is 36.4 Å². The summed E-state index contributed by atoms with van der Waals surface area (Å²) in [5.74, 6) is 0.989. The molecule has 1 atom stereocenters. The Labute approximate surface area is 152 Å². The second-order valence-electron chi connectivity index (χ2n) is 6.61. The average Bonchev–Trinajstić information content (AvgIpc) is 3.14. The van der Waals surface area contributed by atoms with E-state index in [0.29, 0.717) is 12.6 Å². The Hall–Kier alpha value is -1.99. The molecule has 0 saturated carbocycles. The molecule has 25 heavy (non-hydrogen) atoms. The van der Waals surface area contributed by atoms with Gasteiger partial charge in [0, 0.05) is 56.0 Å². The molecule has 0 radical (unpaired) electrons. The summed E-state index contributed by atoms with van der Waals surface area (Å²) in [6, 6.07) is 4.36. The molecule has 0 N–H and O–H groups in total. The van der Waals surface area contributed by atoms with E-state index in [1.165, 1.54) is 10.4 Å². The summed E-state index contributed by atoms with van der Waals surface area (Å²) in [5.41, 5.74) is 1.40. The van der Waals surface area contributed by atoms with Crippen molar-refractivity contribution in [3.05, 3.63) is 40.3 Å². The lowest BCUT2D eigenvalue weighted by atomic mass is 10.0. The van der Waals surface area contributed by atoms with Crippen LogP contribution in [0.5, 0.6) is 0 Å². The molecule has 0 unspecified atom stereocenters. The summed E-state index contributed by atoms with van der Waals surface area (Å²) in [7, 11) is 0. The number of carbonyl (C=O) groups excluding carboxylic acids is 1. The van der Waals surface area contributed by atoms with Gasteiger partial charge in [-0.3, -0.25) is 9.69 Å². The lowest BCUT2D eigenvalue weighted by molar-refractivity contribution is -0.133. The molecule has 2 aliphatic heterocycles. The maximum atomic E-state index is 12.7. The van der Waals surface area contributed by atoms with Crippen LogP contribution in [0.4, 0.5) is 5.95 Å². The van der Waals surface area contributed by atoms with Gasteiger partial charge in [0.05, 0.1) is 6.54 Å². The van der Waals surface area contributed by atoms with Gasteiger partial charge in [-0.25, -0.2) is 9.97 Å². The minimum Gasteiger partial charge on any atom is -0.338 e. The first kappa shape index (κ1) is 16.5. The van der Waals surface area contributed by atoms with E-state index in [-0.39, 0.29) is 5.91 Å². The quantitative estimate of drug-likeness (QED) is 0.839. The zero-order chi connectivity index (χ0) is 17.2. The van der Waals surface area contributed by atoms with Crippen LogP contribution in [0.3, 0.4) is 0 Å². The normalized spacial score (nSPS) is 21.2. The standard InChI is InChI=1S/C18H23N5OS/c1-14-15-4-12-25-16(15)3-7-23(14)13-17(24)21-8-10-22(11-9-21)18-19-5-2-6-20-18/h2,4-6,12,14H,3,7-11,13H2,1H3/t14-/m1/s1. The van der Waals surface area contributed by atoms with Gasteiger partial charge in [0.2, 0.25) is 11.9 Å². The van der Waals surface area contributed by atoms with Gasteiger partial charge in [-0.2, -0.15) is 0 Å². The fourth-order valence-electron chi connectivity index (χ4n) is 3.66. The van der Waals surface area contributed by atoms with Gasteiger partial charge in [-0.1, -0.05) is 0 Å². The maximum Gasteiger partial charge on any atom is 0.236 e. The number of aromatic nitrogens is 2. The number of anilines is 1. The highest BCUT2D eigenvalue weighted by Crippen LogP contribution is 2.32. The zero-order valence-electron chi connectivity index (χ0n) is 14.5. The molecule has 2 aliphatic rings. The predicted molar refractivity (Wildman–Crippen MR) is 98.8 cm³/mol. The first-order valence-electron chi connectivity index (χ1n) is 8.82. The van der Waals surface area contributed by atoms with Gasteiger partial charge >= 0.3 is 0 Å². The highest BCUT2D eigenvalue weighted by atomic mass is 32.1. The van der Waals surface area contributed by atoms with Crippen molar-refractivity contribution in [3.63, 3.8) is 0 Å². The highest BCUT2D eigenvalue weighted by Gasteiger charge is 2.29. The van der Waals surface area contributed by atoms with Crippen LogP contribution < -0.4 is 4.90 Å². The van der Waals surface area contributed by atoms with Crippen molar-refractivity contribution < 1.29 is 4.79 Å². The first-order chi connectivity index (χ1) is 12.2. The van der Waals surface area contributed by atoms with E-state index in [1.54, 1.807) is 12.4 Å². The van der Waals surface area contributed by atoms with Crippen molar-refractivity contribution in [3.8, 4) is 0 Å². The Balaban J connectivity index is 1.32. The van der Waals surface area contributed by atoms with E-state index in [0.717, 1.165) is 45.1 Å². The van der Waals surface area contributed by atoms with Gasteiger partial charge in [0.15, 0.2) is 0 Å². The Bertz CT molecular complexity index is 726. The van der Waals surface area contributed by atoms with Crippen molar-refractivity contribution in [1.82, 2.24) is 19.8 Å². The van der Waals surface area contributed by atoms with Crippen LogP contribution in [0.2, 0.25) is 0 Å². The molecule has 7 heteroatoms. The lowest BCUT2D eigenvalue weighted by Crippen LogP contribution is -2.52. The smallest absolute Gasteiger partial charge is 0.236 e. The van der Waals surface area contributed by atoms with E-state index in [4.69, 9.17) is 0 Å². The van der Waals surface area contributed by atoms with Crippen LogP contribution in [0.15, 0.2) is 29.9 Å². The molecule has 6 nitrogen and oxygen atoms in total. The molecule has 1 fully saturated rings. The Morgan fingerprint density at radius 3 is 2.72 bits per heavy atom. The second kappa shape index (κ2) is 7.09. The minimum atomic E-state index is 0.235. The molecule has 2 aromatic heterocycles. The average molecular weight is 357 g/mol. The predicted octanol–water partition coefficient (Wildman–Crippen LogP) is 1.81. The van der Waals surface area contributed by atoms with E-state index >= 15 is 0 Å². The number of hydrogen-bond acceptors (Lipinski definition) is 6. The molecule has 0 spiro atoms. The summed E-state index contributed by atoms with van der Waals surface area (Å²) in [5, 5.41) is 2.16. The minimum absolute atomic E-state index is 0.235. The van der Waals surface area contributed by atoms with Crippen LogP contribution >= 0.6 is 11.3 Å². The number of amides is 1. The number of piperazine rings is 1. The second-order valence-corrected chi connectivity index (χ2v) is 7.61. The van der Waals surface area contributed by atoms with Crippen LogP contribution in [0.1, 0.15) is 23.4 Å². The van der Waals surface area contributed by atoms with Crippen LogP contribution in [0, 0.1) is 0 Å². The molecular weight excluding hydrogens is 334 g/mol. The fourth-order valence-corrected chi connectivity index (χ4v) is 4.62. The summed E-state index contributed by atoms with van der Waals surface area (Å²) in [6.45, 7) is 6.76. The Kier molecular flexibility index (Phi) is 4.67.